The van der Waals surface area contributed by atoms with E-state index in [2.05, 4.69) is 5.32 Å². The van der Waals surface area contributed by atoms with Gasteiger partial charge < -0.3 is 15.0 Å². The van der Waals surface area contributed by atoms with E-state index in [0.29, 0.717) is 39.3 Å². The molecule has 3 saturated heterocycles. The zero-order valence-corrected chi connectivity index (χ0v) is 17.2. The number of piperidine rings is 1. The van der Waals surface area contributed by atoms with Crippen LogP contribution in [0, 0.1) is 5.92 Å². The third-order valence-corrected chi connectivity index (χ3v) is 7.20. The SMILES string of the molecule is CC1CN(S(=O)(=O)N2CCN(C(=O)C3CCCNC3)CC2)CC(C)O1.Cl. The van der Waals surface area contributed by atoms with E-state index in [-0.39, 0.29) is 36.4 Å². The van der Waals surface area contributed by atoms with E-state index in [4.69, 9.17) is 4.74 Å². The average Bonchev–Trinajstić information content (AvgIpc) is 2.61. The van der Waals surface area contributed by atoms with Gasteiger partial charge in [-0.15, -0.1) is 12.4 Å². The highest BCUT2D eigenvalue weighted by Gasteiger charge is 2.38. The molecule has 0 aliphatic carbocycles. The average molecular weight is 411 g/mol. The zero-order valence-electron chi connectivity index (χ0n) is 15.6. The van der Waals surface area contributed by atoms with Crippen molar-refractivity contribution in [1.82, 2.24) is 18.8 Å². The molecule has 3 aliphatic heterocycles. The maximum absolute atomic E-state index is 12.9. The standard InChI is InChI=1S/C16H30N4O4S.ClH/c1-13-11-20(12-14(2)24-13)25(22,23)19-8-6-18(7-9-19)16(21)15-4-3-5-17-10-15;/h13-15,17H,3-12H2,1-2H3;1H. The number of carbonyl (C=O) groups excluding carboxylic acids is 1. The Morgan fingerprint density at radius 2 is 1.65 bits per heavy atom. The molecule has 0 saturated carbocycles. The van der Waals surface area contributed by atoms with E-state index in [1.54, 1.807) is 0 Å². The fourth-order valence-corrected chi connectivity index (χ4v) is 5.69. The van der Waals surface area contributed by atoms with Gasteiger partial charge in [-0.05, 0) is 33.2 Å². The zero-order chi connectivity index (χ0) is 18.0. The summed E-state index contributed by atoms with van der Waals surface area (Å²) in [4.78, 5) is 14.4. The number of ether oxygens (including phenoxy) is 1. The number of halogens is 1. The summed E-state index contributed by atoms with van der Waals surface area (Å²) in [6.45, 7) is 7.98. The lowest BCUT2D eigenvalue weighted by Crippen LogP contribution is -2.58. The van der Waals surface area contributed by atoms with Gasteiger partial charge in [0.2, 0.25) is 5.91 Å². The first-order chi connectivity index (χ1) is 11.9. The molecule has 3 unspecified atom stereocenters. The quantitative estimate of drug-likeness (QED) is 0.703. The van der Waals surface area contributed by atoms with Gasteiger partial charge in [0, 0.05) is 45.8 Å². The predicted octanol–water partition coefficient (Wildman–Crippen LogP) is -0.0940. The van der Waals surface area contributed by atoms with Crippen LogP contribution in [0.25, 0.3) is 0 Å². The normalized spacial score (nSPS) is 32.1. The van der Waals surface area contributed by atoms with Crippen LogP contribution in [-0.2, 0) is 19.7 Å². The number of hydrogen-bond acceptors (Lipinski definition) is 5. The molecule has 0 radical (unpaired) electrons. The summed E-state index contributed by atoms with van der Waals surface area (Å²) in [5.74, 6) is 0.204. The predicted molar refractivity (Wildman–Crippen MR) is 101 cm³/mol. The monoisotopic (exact) mass is 410 g/mol. The van der Waals surface area contributed by atoms with E-state index in [0.717, 1.165) is 25.9 Å². The fourth-order valence-electron chi connectivity index (χ4n) is 3.94. The highest BCUT2D eigenvalue weighted by molar-refractivity contribution is 7.86. The van der Waals surface area contributed by atoms with Crippen molar-refractivity contribution in [3.05, 3.63) is 0 Å². The molecule has 152 valence electrons. The topological polar surface area (TPSA) is 82.2 Å². The molecule has 3 fully saturated rings. The van der Waals surface area contributed by atoms with E-state index < -0.39 is 10.2 Å². The van der Waals surface area contributed by atoms with Gasteiger partial charge in [-0.3, -0.25) is 4.79 Å². The number of hydrogen-bond donors (Lipinski definition) is 1. The Balaban J connectivity index is 0.00000243. The van der Waals surface area contributed by atoms with Crippen molar-refractivity contribution in [2.75, 3.05) is 52.4 Å². The molecular weight excluding hydrogens is 380 g/mol. The molecule has 1 amide bonds. The van der Waals surface area contributed by atoms with E-state index in [9.17, 15) is 13.2 Å². The fraction of sp³-hybridized carbons (Fsp3) is 0.938. The van der Waals surface area contributed by atoms with Crippen LogP contribution in [0.1, 0.15) is 26.7 Å². The van der Waals surface area contributed by atoms with Gasteiger partial charge in [0.1, 0.15) is 0 Å². The van der Waals surface area contributed by atoms with E-state index >= 15 is 0 Å². The second-order valence-electron chi connectivity index (χ2n) is 7.35. The highest BCUT2D eigenvalue weighted by atomic mass is 35.5. The van der Waals surface area contributed by atoms with Gasteiger partial charge in [-0.1, -0.05) is 0 Å². The summed E-state index contributed by atoms with van der Waals surface area (Å²) in [7, 11) is -3.49. The summed E-state index contributed by atoms with van der Waals surface area (Å²) in [6, 6.07) is 0. The van der Waals surface area contributed by atoms with Crippen LogP contribution >= 0.6 is 12.4 Å². The highest BCUT2D eigenvalue weighted by Crippen LogP contribution is 2.20. The molecule has 3 atom stereocenters. The third-order valence-electron chi connectivity index (χ3n) is 5.24. The Bertz CT molecular complexity index is 567. The smallest absolute Gasteiger partial charge is 0.282 e. The van der Waals surface area contributed by atoms with Crippen LogP contribution in [0.5, 0.6) is 0 Å². The van der Waals surface area contributed by atoms with Gasteiger partial charge >= 0.3 is 0 Å². The summed E-state index contributed by atoms with van der Waals surface area (Å²) < 4.78 is 34.5. The molecule has 1 N–H and O–H groups in total. The molecule has 3 aliphatic rings. The molecule has 0 spiro atoms. The molecule has 8 nitrogen and oxygen atoms in total. The number of nitrogens with zero attached hydrogens (tertiary/aromatic N) is 3. The van der Waals surface area contributed by atoms with Gasteiger partial charge in [-0.2, -0.15) is 17.0 Å². The molecule has 0 aromatic carbocycles. The van der Waals surface area contributed by atoms with Gasteiger partial charge in [0.05, 0.1) is 18.1 Å². The summed E-state index contributed by atoms with van der Waals surface area (Å²) in [5, 5.41) is 3.27. The van der Waals surface area contributed by atoms with Crippen molar-refractivity contribution in [2.45, 2.75) is 38.9 Å². The summed E-state index contributed by atoms with van der Waals surface area (Å²) in [6.07, 6.45) is 1.76. The lowest BCUT2D eigenvalue weighted by atomic mass is 9.98. The lowest BCUT2D eigenvalue weighted by Gasteiger charge is -2.41. The molecule has 26 heavy (non-hydrogen) atoms. The molecule has 0 aromatic heterocycles. The first-order valence-electron chi connectivity index (χ1n) is 9.28. The van der Waals surface area contributed by atoms with E-state index in [1.165, 1.54) is 8.61 Å². The van der Waals surface area contributed by atoms with Crippen molar-refractivity contribution in [3.63, 3.8) is 0 Å². The minimum Gasteiger partial charge on any atom is -0.373 e. The van der Waals surface area contributed by atoms with Gasteiger partial charge in [0.25, 0.3) is 10.2 Å². The number of rotatable bonds is 3. The molecule has 10 heteroatoms. The number of amides is 1. The first-order valence-corrected chi connectivity index (χ1v) is 10.7. The van der Waals surface area contributed by atoms with E-state index in [1.807, 2.05) is 18.7 Å². The van der Waals surface area contributed by atoms with Crippen molar-refractivity contribution >= 4 is 28.5 Å². The van der Waals surface area contributed by atoms with Crippen molar-refractivity contribution in [1.29, 1.82) is 0 Å². The molecule has 0 aromatic rings. The lowest BCUT2D eigenvalue weighted by molar-refractivity contribution is -0.137. The molecule has 3 heterocycles. The van der Waals surface area contributed by atoms with Crippen molar-refractivity contribution in [2.24, 2.45) is 5.92 Å². The number of piperazine rings is 1. The second-order valence-corrected chi connectivity index (χ2v) is 9.28. The third kappa shape index (κ3) is 4.88. The Hall–Kier alpha value is -0.450. The Morgan fingerprint density at radius 3 is 2.19 bits per heavy atom. The minimum atomic E-state index is -3.49. The second kappa shape index (κ2) is 9.16. The maximum Gasteiger partial charge on any atom is 0.282 e. The molecule has 0 bridgehead atoms. The van der Waals surface area contributed by atoms with Gasteiger partial charge in [-0.25, -0.2) is 0 Å². The minimum absolute atomic E-state index is 0. The van der Waals surface area contributed by atoms with Crippen LogP contribution < -0.4 is 5.32 Å². The summed E-state index contributed by atoms with van der Waals surface area (Å²) in [5.41, 5.74) is 0. The Labute approximate surface area is 162 Å². The van der Waals surface area contributed by atoms with Crippen LogP contribution in [-0.4, -0.2) is 92.4 Å². The van der Waals surface area contributed by atoms with Crippen molar-refractivity contribution in [3.8, 4) is 0 Å². The van der Waals surface area contributed by atoms with Crippen LogP contribution in [0.2, 0.25) is 0 Å². The Kier molecular flexibility index (Phi) is 7.70. The molecular formula is C16H31ClN4O4S. The number of morpholine rings is 1. The maximum atomic E-state index is 12.9. The van der Waals surface area contributed by atoms with Crippen LogP contribution in [0.15, 0.2) is 0 Å². The van der Waals surface area contributed by atoms with Gasteiger partial charge in [0.15, 0.2) is 0 Å². The molecule has 3 rings (SSSR count). The Morgan fingerprint density at radius 1 is 1.04 bits per heavy atom. The van der Waals surface area contributed by atoms with Crippen LogP contribution in [0.4, 0.5) is 0 Å². The summed E-state index contributed by atoms with van der Waals surface area (Å²) >= 11 is 0. The first kappa shape index (κ1) is 21.8. The number of nitrogens with one attached hydrogen (secondary N) is 1. The largest absolute Gasteiger partial charge is 0.373 e. The van der Waals surface area contributed by atoms with Crippen LogP contribution in [0.3, 0.4) is 0 Å². The van der Waals surface area contributed by atoms with Crippen molar-refractivity contribution < 1.29 is 17.9 Å². The number of carbonyl (C=O) groups is 1.